The van der Waals surface area contributed by atoms with E-state index >= 15 is 0 Å². The van der Waals surface area contributed by atoms with Gasteiger partial charge in [-0.25, -0.2) is 4.99 Å². The Morgan fingerprint density at radius 1 is 1.10 bits per heavy atom. The maximum atomic E-state index is 9.65. The second-order valence-corrected chi connectivity index (χ2v) is 9.83. The molecule has 2 aliphatic rings. The smallest absolute Gasteiger partial charge is 0.191 e. The molecule has 1 aliphatic carbocycles. The van der Waals surface area contributed by atoms with Gasteiger partial charge in [-0.2, -0.15) is 11.8 Å². The lowest BCUT2D eigenvalue weighted by Gasteiger charge is -2.29. The summed E-state index contributed by atoms with van der Waals surface area (Å²) < 4.78 is 0. The maximum absolute atomic E-state index is 9.65. The first-order chi connectivity index (χ1) is 14.2. The number of nitrogens with zero attached hydrogens (tertiary/aromatic N) is 2. The van der Waals surface area contributed by atoms with Gasteiger partial charge in [-0.3, -0.25) is 4.90 Å². The van der Waals surface area contributed by atoms with Crippen LogP contribution in [0.5, 0.6) is 0 Å². The molecule has 29 heavy (non-hydrogen) atoms. The summed E-state index contributed by atoms with van der Waals surface area (Å²) in [6.07, 6.45) is 5.48. The lowest BCUT2D eigenvalue weighted by atomic mass is 10.1. The Hall–Kier alpha value is -1.24. The molecule has 1 saturated heterocycles. The van der Waals surface area contributed by atoms with E-state index in [1.807, 2.05) is 0 Å². The van der Waals surface area contributed by atoms with Crippen molar-refractivity contribution in [3.63, 3.8) is 0 Å². The molecule has 0 radical (unpaired) electrons. The van der Waals surface area contributed by atoms with Crippen LogP contribution in [0.4, 0.5) is 0 Å². The van der Waals surface area contributed by atoms with Gasteiger partial charge in [0.2, 0.25) is 0 Å². The summed E-state index contributed by atoms with van der Waals surface area (Å²) in [7, 11) is 0. The number of benzene rings is 1. The second-order valence-electron chi connectivity index (χ2n) is 8.25. The van der Waals surface area contributed by atoms with Crippen molar-refractivity contribution in [2.75, 3.05) is 25.4 Å². The lowest BCUT2D eigenvalue weighted by molar-refractivity contribution is 0.0792. The van der Waals surface area contributed by atoms with Crippen LogP contribution in [0.1, 0.15) is 57.1 Å². The molecule has 2 unspecified atom stereocenters. The summed E-state index contributed by atoms with van der Waals surface area (Å²) in [6, 6.07) is 9.39. The minimum atomic E-state index is -0.105. The van der Waals surface area contributed by atoms with Gasteiger partial charge in [-0.1, -0.05) is 31.2 Å². The van der Waals surface area contributed by atoms with Crippen LogP contribution in [0.3, 0.4) is 0 Å². The zero-order chi connectivity index (χ0) is 20.5. The lowest BCUT2D eigenvalue weighted by Crippen LogP contribution is -2.42. The third-order valence-corrected chi connectivity index (χ3v) is 7.11. The quantitative estimate of drug-likeness (QED) is 0.446. The summed E-state index contributed by atoms with van der Waals surface area (Å²) in [6.45, 7) is 8.90. The number of hydrogen-bond acceptors (Lipinski definition) is 4. The predicted octanol–water partition coefficient (Wildman–Crippen LogP) is 3.37. The summed E-state index contributed by atoms with van der Waals surface area (Å²) >= 11 is 2.09. The first kappa shape index (κ1) is 22.4. The molecule has 0 bridgehead atoms. The highest BCUT2D eigenvalue weighted by Gasteiger charge is 2.25. The van der Waals surface area contributed by atoms with Gasteiger partial charge >= 0.3 is 0 Å². The zero-order valence-corrected chi connectivity index (χ0v) is 18.9. The highest BCUT2D eigenvalue weighted by Crippen LogP contribution is 2.29. The minimum Gasteiger partial charge on any atom is -0.393 e. The van der Waals surface area contributed by atoms with E-state index in [0.29, 0.717) is 12.6 Å². The highest BCUT2D eigenvalue weighted by molar-refractivity contribution is 7.99. The number of thioether (sulfide) groups is 1. The number of rotatable bonds is 8. The maximum Gasteiger partial charge on any atom is 0.191 e. The predicted molar refractivity (Wildman–Crippen MR) is 124 cm³/mol. The van der Waals surface area contributed by atoms with Gasteiger partial charge < -0.3 is 15.7 Å². The number of aliphatic imine (C=N–C) groups is 1. The third-order valence-electron chi connectivity index (χ3n) is 5.88. The zero-order valence-electron chi connectivity index (χ0n) is 18.1. The average molecular weight is 419 g/mol. The Morgan fingerprint density at radius 2 is 1.83 bits per heavy atom. The average Bonchev–Trinajstić information content (AvgIpc) is 3.16. The van der Waals surface area contributed by atoms with E-state index in [2.05, 4.69) is 65.4 Å². The molecule has 3 rings (SSSR count). The molecule has 6 heteroatoms. The Bertz CT molecular complexity index is 628. The van der Waals surface area contributed by atoms with E-state index in [4.69, 9.17) is 4.99 Å². The number of hydrogen-bond donors (Lipinski definition) is 3. The van der Waals surface area contributed by atoms with E-state index in [9.17, 15) is 5.11 Å². The van der Waals surface area contributed by atoms with Crippen molar-refractivity contribution in [3.05, 3.63) is 35.4 Å². The van der Waals surface area contributed by atoms with Crippen molar-refractivity contribution in [1.29, 1.82) is 0 Å². The molecule has 0 spiro atoms. The Balaban J connectivity index is 1.48. The van der Waals surface area contributed by atoms with Crippen molar-refractivity contribution in [2.45, 2.75) is 76.4 Å². The molecule has 2 atom stereocenters. The SMILES string of the molecule is CCNC(=NCc1ccc(CN2CCC(O)CC2)cc1)NC1CCC(SCC)C1. The summed E-state index contributed by atoms with van der Waals surface area (Å²) in [5.74, 6) is 2.15. The standard InChI is InChI=1S/C23H38N4OS/c1-3-24-23(26-20-9-10-22(15-20)29-4-2)25-16-18-5-7-19(8-6-18)17-27-13-11-21(28)12-14-27/h5-8,20-22,28H,3-4,9-17H2,1-2H3,(H2,24,25,26). The molecule has 1 aromatic carbocycles. The van der Waals surface area contributed by atoms with Crippen LogP contribution >= 0.6 is 11.8 Å². The van der Waals surface area contributed by atoms with Crippen molar-refractivity contribution < 1.29 is 5.11 Å². The molecular weight excluding hydrogens is 380 g/mol. The van der Waals surface area contributed by atoms with Crippen molar-refractivity contribution in [2.24, 2.45) is 4.99 Å². The third kappa shape index (κ3) is 7.50. The number of guanidine groups is 1. The van der Waals surface area contributed by atoms with Gasteiger partial charge in [-0.15, -0.1) is 0 Å². The fourth-order valence-electron chi connectivity index (χ4n) is 4.23. The topological polar surface area (TPSA) is 59.9 Å². The van der Waals surface area contributed by atoms with Gasteiger partial charge in [0.1, 0.15) is 0 Å². The van der Waals surface area contributed by atoms with Gasteiger partial charge in [-0.05, 0) is 55.9 Å². The minimum absolute atomic E-state index is 0.105. The number of aliphatic hydroxyl groups is 1. The normalized spacial score (nSPS) is 24.0. The van der Waals surface area contributed by atoms with Crippen molar-refractivity contribution >= 4 is 17.7 Å². The summed E-state index contributed by atoms with van der Waals surface area (Å²) in [5.41, 5.74) is 2.58. The van der Waals surface area contributed by atoms with E-state index < -0.39 is 0 Å². The number of likely N-dealkylation sites (tertiary alicyclic amines) is 1. The van der Waals surface area contributed by atoms with Crippen LogP contribution < -0.4 is 10.6 Å². The molecular formula is C23H38N4OS. The molecule has 1 aliphatic heterocycles. The molecule has 3 N–H and O–H groups in total. The van der Waals surface area contributed by atoms with Crippen LogP contribution in [0.15, 0.2) is 29.3 Å². The summed E-state index contributed by atoms with van der Waals surface area (Å²) in [4.78, 5) is 7.25. The Labute approximate surface area is 180 Å². The molecule has 1 saturated carbocycles. The number of aliphatic hydroxyl groups excluding tert-OH is 1. The number of nitrogens with one attached hydrogen (secondary N) is 2. The van der Waals surface area contributed by atoms with Crippen LogP contribution in [0.2, 0.25) is 0 Å². The molecule has 0 amide bonds. The largest absolute Gasteiger partial charge is 0.393 e. The Morgan fingerprint density at radius 3 is 2.52 bits per heavy atom. The van der Waals surface area contributed by atoms with E-state index in [1.54, 1.807) is 0 Å². The van der Waals surface area contributed by atoms with Crippen molar-refractivity contribution in [1.82, 2.24) is 15.5 Å². The van der Waals surface area contributed by atoms with E-state index in [0.717, 1.165) is 50.2 Å². The fourth-order valence-corrected chi connectivity index (χ4v) is 5.37. The molecule has 0 aromatic heterocycles. The number of piperidine rings is 1. The molecule has 1 aromatic rings. The molecule has 162 valence electrons. The van der Waals surface area contributed by atoms with Crippen LogP contribution in [0, 0.1) is 0 Å². The van der Waals surface area contributed by atoms with Crippen LogP contribution in [-0.4, -0.2) is 58.7 Å². The second kappa shape index (κ2) is 11.8. The van der Waals surface area contributed by atoms with Gasteiger partial charge in [0.15, 0.2) is 5.96 Å². The van der Waals surface area contributed by atoms with E-state index in [-0.39, 0.29) is 6.10 Å². The molecule has 2 fully saturated rings. The first-order valence-corrected chi connectivity index (χ1v) is 12.4. The van der Waals surface area contributed by atoms with Crippen molar-refractivity contribution in [3.8, 4) is 0 Å². The van der Waals surface area contributed by atoms with Gasteiger partial charge in [0.25, 0.3) is 0 Å². The monoisotopic (exact) mass is 418 g/mol. The van der Waals surface area contributed by atoms with Gasteiger partial charge in [0.05, 0.1) is 12.6 Å². The van der Waals surface area contributed by atoms with Gasteiger partial charge in [0, 0.05) is 37.5 Å². The Kier molecular flexibility index (Phi) is 9.15. The van der Waals surface area contributed by atoms with Crippen LogP contribution in [-0.2, 0) is 13.1 Å². The van der Waals surface area contributed by atoms with E-state index in [1.165, 1.54) is 36.1 Å². The fraction of sp³-hybridized carbons (Fsp3) is 0.696. The summed E-state index contributed by atoms with van der Waals surface area (Å²) in [5, 5.41) is 17.5. The highest BCUT2D eigenvalue weighted by atomic mass is 32.2. The molecule has 5 nitrogen and oxygen atoms in total. The first-order valence-electron chi connectivity index (χ1n) is 11.3. The van der Waals surface area contributed by atoms with Crippen LogP contribution in [0.25, 0.3) is 0 Å². The molecule has 1 heterocycles.